The van der Waals surface area contributed by atoms with E-state index in [0.29, 0.717) is 5.92 Å². The van der Waals surface area contributed by atoms with Gasteiger partial charge in [-0.15, -0.1) is 0 Å². The molecule has 3 rings (SSSR count). The van der Waals surface area contributed by atoms with Crippen LogP contribution in [0.1, 0.15) is 47.9 Å². The van der Waals surface area contributed by atoms with Gasteiger partial charge in [-0.1, -0.05) is 74.0 Å². The van der Waals surface area contributed by atoms with Crippen molar-refractivity contribution >= 4 is 6.08 Å². The van der Waals surface area contributed by atoms with E-state index in [-0.39, 0.29) is 0 Å². The first-order valence-electron chi connectivity index (χ1n) is 7.24. The molecule has 0 saturated carbocycles. The van der Waals surface area contributed by atoms with Crippen molar-refractivity contribution in [3.63, 3.8) is 0 Å². The summed E-state index contributed by atoms with van der Waals surface area (Å²) >= 11 is 0. The molecule has 0 saturated heterocycles. The van der Waals surface area contributed by atoms with Crippen molar-refractivity contribution in [1.82, 2.24) is 0 Å². The Kier molecular flexibility index (Phi) is 3.50. The van der Waals surface area contributed by atoms with Gasteiger partial charge in [0.1, 0.15) is 0 Å². The van der Waals surface area contributed by atoms with E-state index in [9.17, 15) is 0 Å². The molecule has 0 nitrogen and oxygen atoms in total. The van der Waals surface area contributed by atoms with Crippen molar-refractivity contribution in [2.24, 2.45) is 0 Å². The summed E-state index contributed by atoms with van der Waals surface area (Å²) in [5.74, 6) is 0.441. The summed E-state index contributed by atoms with van der Waals surface area (Å²) < 4.78 is 0. The van der Waals surface area contributed by atoms with E-state index in [1.165, 1.54) is 41.5 Å². The molecule has 19 heavy (non-hydrogen) atoms. The number of hydrogen-bond donors (Lipinski definition) is 0. The van der Waals surface area contributed by atoms with Crippen LogP contribution in [0.25, 0.3) is 6.08 Å². The van der Waals surface area contributed by atoms with Crippen LogP contribution in [0.3, 0.4) is 0 Å². The maximum atomic E-state index is 2.31. The molecule has 1 unspecified atom stereocenters. The van der Waals surface area contributed by atoms with Crippen LogP contribution >= 0.6 is 0 Å². The number of benzene rings is 2. The average molecular weight is 248 g/mol. The Morgan fingerprint density at radius 3 is 2.53 bits per heavy atom. The van der Waals surface area contributed by atoms with Crippen LogP contribution in [0.15, 0.2) is 54.6 Å². The summed E-state index contributed by atoms with van der Waals surface area (Å²) in [7, 11) is 0. The molecule has 1 atom stereocenters. The number of aryl methyl sites for hydroxylation is 1. The van der Waals surface area contributed by atoms with Crippen LogP contribution in [0.4, 0.5) is 0 Å². The first kappa shape index (κ1) is 12.2. The van der Waals surface area contributed by atoms with Crippen LogP contribution in [-0.2, 0) is 6.42 Å². The lowest BCUT2D eigenvalue weighted by atomic mass is 9.92. The molecule has 0 heteroatoms. The van der Waals surface area contributed by atoms with E-state index < -0.39 is 0 Å². The lowest BCUT2D eigenvalue weighted by molar-refractivity contribution is 0.794. The van der Waals surface area contributed by atoms with Crippen LogP contribution in [0.2, 0.25) is 0 Å². The Balaban J connectivity index is 1.82. The third kappa shape index (κ3) is 2.49. The van der Waals surface area contributed by atoms with Crippen LogP contribution in [0, 0.1) is 0 Å². The van der Waals surface area contributed by atoms with Crippen molar-refractivity contribution in [3.05, 3.63) is 76.9 Å². The monoisotopic (exact) mass is 248 g/mol. The molecule has 96 valence electrons. The van der Waals surface area contributed by atoms with Crippen molar-refractivity contribution in [1.29, 1.82) is 0 Å². The zero-order valence-corrected chi connectivity index (χ0v) is 11.5. The Morgan fingerprint density at radius 2 is 1.74 bits per heavy atom. The Labute approximate surface area is 115 Å². The molecule has 0 bridgehead atoms. The number of rotatable bonds is 4. The molecule has 0 aromatic heterocycles. The summed E-state index contributed by atoms with van der Waals surface area (Å²) in [5, 5.41) is 0. The normalized spacial score (nSPS) is 16.6. The van der Waals surface area contributed by atoms with Gasteiger partial charge in [0, 0.05) is 5.92 Å². The second-order valence-corrected chi connectivity index (χ2v) is 5.31. The Hall–Kier alpha value is -1.82. The molecule has 1 aliphatic carbocycles. The van der Waals surface area contributed by atoms with Gasteiger partial charge in [-0.05, 0) is 35.1 Å². The highest BCUT2D eigenvalue weighted by molar-refractivity contribution is 5.65. The summed E-state index contributed by atoms with van der Waals surface area (Å²) in [4.78, 5) is 0. The van der Waals surface area contributed by atoms with Gasteiger partial charge < -0.3 is 0 Å². The predicted octanol–water partition coefficient (Wildman–Crippen LogP) is 5.19. The quantitative estimate of drug-likeness (QED) is 0.698. The minimum Gasteiger partial charge on any atom is -0.0720 e. The molecule has 0 spiro atoms. The smallest absolute Gasteiger partial charge is 0.0278 e. The topological polar surface area (TPSA) is 0 Å². The fraction of sp³-hybridized carbons (Fsp3) is 0.263. The molecule has 0 aliphatic heterocycles. The van der Waals surface area contributed by atoms with Gasteiger partial charge in [0.25, 0.3) is 0 Å². The van der Waals surface area contributed by atoms with Gasteiger partial charge >= 0.3 is 0 Å². The minimum atomic E-state index is 0.441. The van der Waals surface area contributed by atoms with E-state index in [4.69, 9.17) is 0 Å². The molecule has 2 aromatic carbocycles. The van der Waals surface area contributed by atoms with Gasteiger partial charge in [-0.25, -0.2) is 0 Å². The number of allylic oxidation sites excluding steroid dienone is 1. The lowest BCUT2D eigenvalue weighted by Crippen LogP contribution is -1.96. The lowest BCUT2D eigenvalue weighted by Gasteiger charge is -2.12. The molecule has 0 N–H and O–H groups in total. The number of unbranched alkanes of at least 4 members (excludes halogenated alkanes) is 1. The highest BCUT2D eigenvalue weighted by Crippen LogP contribution is 2.35. The van der Waals surface area contributed by atoms with Crippen LogP contribution in [-0.4, -0.2) is 0 Å². The zero-order chi connectivity index (χ0) is 13.1. The number of fused-ring (bicyclic) bond motifs is 1. The molecule has 0 radical (unpaired) electrons. The number of hydrogen-bond acceptors (Lipinski definition) is 0. The van der Waals surface area contributed by atoms with Gasteiger partial charge in [-0.3, -0.25) is 0 Å². The third-order valence-electron chi connectivity index (χ3n) is 3.96. The van der Waals surface area contributed by atoms with E-state index in [1.54, 1.807) is 0 Å². The van der Waals surface area contributed by atoms with Crippen molar-refractivity contribution in [3.8, 4) is 0 Å². The molecule has 0 fully saturated rings. The van der Waals surface area contributed by atoms with Crippen molar-refractivity contribution in [2.45, 2.75) is 32.1 Å². The average Bonchev–Trinajstić information content (AvgIpc) is 2.90. The molecular weight excluding hydrogens is 228 g/mol. The second kappa shape index (κ2) is 5.44. The Morgan fingerprint density at radius 1 is 0.947 bits per heavy atom. The van der Waals surface area contributed by atoms with Crippen molar-refractivity contribution < 1.29 is 0 Å². The summed E-state index contributed by atoms with van der Waals surface area (Å²) in [5.41, 5.74) is 5.66. The van der Waals surface area contributed by atoms with E-state index in [2.05, 4.69) is 67.6 Å². The van der Waals surface area contributed by atoms with Gasteiger partial charge in [0.05, 0.1) is 0 Å². The molecule has 0 amide bonds. The van der Waals surface area contributed by atoms with E-state index in [1.807, 2.05) is 0 Å². The first-order valence-corrected chi connectivity index (χ1v) is 7.24. The van der Waals surface area contributed by atoms with Gasteiger partial charge in [0.2, 0.25) is 0 Å². The standard InChI is InChI=1S/C19H20/c1-2-3-6-15-9-11-17(12-10-15)19-14-13-16-7-4-5-8-18(16)19/h4-5,7-14,19H,2-3,6H2,1H3. The molecular formula is C19H20. The van der Waals surface area contributed by atoms with Crippen molar-refractivity contribution in [2.75, 3.05) is 0 Å². The molecule has 0 heterocycles. The fourth-order valence-corrected chi connectivity index (χ4v) is 2.81. The largest absolute Gasteiger partial charge is 0.0720 e. The second-order valence-electron chi connectivity index (χ2n) is 5.31. The maximum Gasteiger partial charge on any atom is 0.0278 e. The van der Waals surface area contributed by atoms with Crippen LogP contribution in [0.5, 0.6) is 0 Å². The minimum absolute atomic E-state index is 0.441. The van der Waals surface area contributed by atoms with Gasteiger partial charge in [-0.2, -0.15) is 0 Å². The summed E-state index contributed by atoms with van der Waals surface area (Å²) in [6, 6.07) is 17.9. The third-order valence-corrected chi connectivity index (χ3v) is 3.96. The maximum absolute atomic E-state index is 2.31. The predicted molar refractivity (Wildman–Crippen MR) is 82.4 cm³/mol. The summed E-state index contributed by atoms with van der Waals surface area (Å²) in [6.07, 6.45) is 8.30. The molecule has 2 aromatic rings. The van der Waals surface area contributed by atoms with Gasteiger partial charge in [0.15, 0.2) is 0 Å². The van der Waals surface area contributed by atoms with E-state index in [0.717, 1.165) is 0 Å². The van der Waals surface area contributed by atoms with E-state index >= 15 is 0 Å². The molecule has 1 aliphatic rings. The zero-order valence-electron chi connectivity index (χ0n) is 11.5. The van der Waals surface area contributed by atoms with Crippen LogP contribution < -0.4 is 0 Å². The SMILES string of the molecule is CCCCc1ccc(C2C=Cc3ccccc32)cc1. The first-order chi connectivity index (χ1) is 9.38. The summed E-state index contributed by atoms with van der Waals surface area (Å²) in [6.45, 7) is 2.24. The highest BCUT2D eigenvalue weighted by Gasteiger charge is 2.17. The fourth-order valence-electron chi connectivity index (χ4n) is 2.81. The Bertz CT molecular complexity index is 575. The highest BCUT2D eigenvalue weighted by atomic mass is 14.2.